The van der Waals surface area contributed by atoms with E-state index in [1.165, 1.54) is 18.4 Å². The monoisotopic (exact) mass is 336 g/mol. The largest absolute Gasteiger partial charge is 0.466 e. The van der Waals surface area contributed by atoms with E-state index in [0.29, 0.717) is 17.8 Å². The molecule has 1 saturated heterocycles. The smallest absolute Gasteiger partial charge is 0.338 e. The SMILES string of the molecule is COC(=O)C1=C(C)N(C[C@H]2CCCO2)C(=O)N[C@H]1c1cccs1. The van der Waals surface area contributed by atoms with Crippen molar-refractivity contribution in [1.82, 2.24) is 10.2 Å². The van der Waals surface area contributed by atoms with E-state index in [1.807, 2.05) is 17.5 Å². The maximum atomic E-state index is 12.5. The van der Waals surface area contributed by atoms with Crippen molar-refractivity contribution < 1.29 is 19.1 Å². The summed E-state index contributed by atoms with van der Waals surface area (Å²) in [4.78, 5) is 27.3. The highest BCUT2D eigenvalue weighted by Crippen LogP contribution is 2.33. The Hall–Kier alpha value is -1.86. The number of esters is 1. The number of urea groups is 1. The average molecular weight is 336 g/mol. The van der Waals surface area contributed by atoms with E-state index in [2.05, 4.69) is 5.32 Å². The summed E-state index contributed by atoms with van der Waals surface area (Å²) in [7, 11) is 1.36. The van der Waals surface area contributed by atoms with Crippen LogP contribution < -0.4 is 5.32 Å². The van der Waals surface area contributed by atoms with Crippen LogP contribution in [0.4, 0.5) is 4.79 Å². The maximum Gasteiger partial charge on any atom is 0.338 e. The zero-order chi connectivity index (χ0) is 16.4. The highest BCUT2D eigenvalue weighted by Gasteiger charge is 2.37. The fourth-order valence-corrected chi connectivity index (χ4v) is 3.82. The van der Waals surface area contributed by atoms with Gasteiger partial charge in [0.05, 0.1) is 31.4 Å². The van der Waals surface area contributed by atoms with Crippen LogP contribution in [0, 0.1) is 0 Å². The van der Waals surface area contributed by atoms with E-state index < -0.39 is 12.0 Å². The van der Waals surface area contributed by atoms with Gasteiger partial charge in [-0.05, 0) is 31.2 Å². The van der Waals surface area contributed by atoms with Gasteiger partial charge in [0.15, 0.2) is 0 Å². The Labute approximate surface area is 139 Å². The van der Waals surface area contributed by atoms with Crippen LogP contribution in [0.1, 0.15) is 30.7 Å². The molecule has 7 heteroatoms. The number of allylic oxidation sites excluding steroid dienone is 1. The first-order valence-electron chi connectivity index (χ1n) is 7.64. The lowest BCUT2D eigenvalue weighted by Gasteiger charge is -2.35. The van der Waals surface area contributed by atoms with E-state index in [1.54, 1.807) is 11.8 Å². The highest BCUT2D eigenvalue weighted by atomic mass is 32.1. The van der Waals surface area contributed by atoms with Crippen molar-refractivity contribution in [3.8, 4) is 0 Å². The van der Waals surface area contributed by atoms with Gasteiger partial charge in [0.25, 0.3) is 0 Å². The van der Waals surface area contributed by atoms with Crippen LogP contribution in [0.25, 0.3) is 0 Å². The summed E-state index contributed by atoms with van der Waals surface area (Å²) < 4.78 is 10.6. The van der Waals surface area contributed by atoms with Gasteiger partial charge in [-0.2, -0.15) is 0 Å². The van der Waals surface area contributed by atoms with Gasteiger partial charge in [-0.3, -0.25) is 4.90 Å². The Morgan fingerprint density at radius 3 is 3.00 bits per heavy atom. The molecular weight excluding hydrogens is 316 g/mol. The van der Waals surface area contributed by atoms with Gasteiger partial charge >= 0.3 is 12.0 Å². The highest BCUT2D eigenvalue weighted by molar-refractivity contribution is 7.10. The number of nitrogens with one attached hydrogen (secondary N) is 1. The second-order valence-electron chi connectivity index (χ2n) is 5.63. The van der Waals surface area contributed by atoms with E-state index in [-0.39, 0.29) is 12.1 Å². The number of carbonyl (C=O) groups is 2. The van der Waals surface area contributed by atoms with Crippen LogP contribution in [-0.2, 0) is 14.3 Å². The molecule has 6 nitrogen and oxygen atoms in total. The third-order valence-corrected chi connectivity index (χ3v) is 5.18. The minimum atomic E-state index is -0.462. The molecule has 1 aromatic rings. The zero-order valence-corrected chi connectivity index (χ0v) is 14.0. The van der Waals surface area contributed by atoms with Crippen molar-refractivity contribution in [2.24, 2.45) is 0 Å². The van der Waals surface area contributed by atoms with Crippen molar-refractivity contribution in [2.75, 3.05) is 20.3 Å². The van der Waals surface area contributed by atoms with Crippen molar-refractivity contribution >= 4 is 23.3 Å². The predicted octanol–water partition coefficient (Wildman–Crippen LogP) is 2.44. The van der Waals surface area contributed by atoms with Crippen LogP contribution in [-0.4, -0.2) is 43.3 Å². The number of rotatable bonds is 4. The number of thiophene rings is 1. The molecule has 0 spiro atoms. The van der Waals surface area contributed by atoms with E-state index >= 15 is 0 Å². The van der Waals surface area contributed by atoms with Gasteiger partial charge < -0.3 is 14.8 Å². The molecule has 1 aromatic heterocycles. The second-order valence-corrected chi connectivity index (χ2v) is 6.61. The number of hydrogen-bond acceptors (Lipinski definition) is 5. The summed E-state index contributed by atoms with van der Waals surface area (Å²) in [6, 6.07) is 3.14. The van der Waals surface area contributed by atoms with Crippen molar-refractivity contribution in [2.45, 2.75) is 31.9 Å². The molecule has 0 aliphatic carbocycles. The molecule has 2 amide bonds. The van der Waals surface area contributed by atoms with Gasteiger partial charge in [-0.15, -0.1) is 11.3 Å². The van der Waals surface area contributed by atoms with Crippen molar-refractivity contribution in [3.05, 3.63) is 33.7 Å². The van der Waals surface area contributed by atoms with Crippen LogP contribution in [0.5, 0.6) is 0 Å². The molecule has 0 saturated carbocycles. The van der Waals surface area contributed by atoms with Crippen LogP contribution in [0.3, 0.4) is 0 Å². The molecule has 0 bridgehead atoms. The summed E-state index contributed by atoms with van der Waals surface area (Å²) in [6.07, 6.45) is 1.96. The third-order valence-electron chi connectivity index (χ3n) is 4.24. The average Bonchev–Trinajstić information content (AvgIpc) is 3.23. The third kappa shape index (κ3) is 3.11. The molecule has 0 unspecified atom stereocenters. The maximum absolute atomic E-state index is 12.5. The quantitative estimate of drug-likeness (QED) is 0.858. The molecular formula is C16H20N2O4S. The standard InChI is InChI=1S/C16H20N2O4S/c1-10-13(15(19)21-2)14(12-6-4-8-23-12)17-16(20)18(10)9-11-5-3-7-22-11/h4,6,8,11,14H,3,5,7,9H2,1-2H3,(H,17,20)/t11-,14+/m1/s1. The molecule has 0 aromatic carbocycles. The Kier molecular flexibility index (Phi) is 4.68. The summed E-state index contributed by atoms with van der Waals surface area (Å²) in [6.45, 7) is 2.97. The summed E-state index contributed by atoms with van der Waals surface area (Å²) in [5.41, 5.74) is 1.11. The fourth-order valence-electron chi connectivity index (χ4n) is 3.04. The normalized spacial score (nSPS) is 24.8. The molecule has 2 aliphatic rings. The van der Waals surface area contributed by atoms with Gasteiger partial charge in [0, 0.05) is 17.2 Å². The van der Waals surface area contributed by atoms with Gasteiger partial charge in [0.1, 0.15) is 0 Å². The summed E-state index contributed by atoms with van der Waals surface area (Å²) in [5, 5.41) is 4.84. The molecule has 1 N–H and O–H groups in total. The lowest BCUT2D eigenvalue weighted by molar-refractivity contribution is -0.136. The zero-order valence-electron chi connectivity index (χ0n) is 13.2. The number of ether oxygens (including phenoxy) is 2. The predicted molar refractivity (Wildman–Crippen MR) is 86.0 cm³/mol. The van der Waals surface area contributed by atoms with Gasteiger partial charge in [0.2, 0.25) is 0 Å². The minimum Gasteiger partial charge on any atom is -0.466 e. The first-order valence-corrected chi connectivity index (χ1v) is 8.52. The lowest BCUT2D eigenvalue weighted by atomic mass is 10.00. The molecule has 124 valence electrons. The minimum absolute atomic E-state index is 0.0212. The van der Waals surface area contributed by atoms with E-state index in [4.69, 9.17) is 9.47 Å². The summed E-state index contributed by atoms with van der Waals surface area (Å²) >= 11 is 1.50. The number of amides is 2. The van der Waals surface area contributed by atoms with E-state index in [0.717, 1.165) is 24.3 Å². The molecule has 1 fully saturated rings. The van der Waals surface area contributed by atoms with Crippen LogP contribution in [0.2, 0.25) is 0 Å². The van der Waals surface area contributed by atoms with Crippen molar-refractivity contribution in [3.63, 3.8) is 0 Å². The van der Waals surface area contributed by atoms with Crippen LogP contribution in [0.15, 0.2) is 28.8 Å². The number of nitrogens with zero attached hydrogens (tertiary/aromatic N) is 1. The second kappa shape index (κ2) is 6.72. The number of carbonyl (C=O) groups excluding carboxylic acids is 2. The molecule has 0 radical (unpaired) electrons. The molecule has 3 rings (SSSR count). The van der Waals surface area contributed by atoms with Gasteiger partial charge in [-0.1, -0.05) is 6.07 Å². The molecule has 3 heterocycles. The first kappa shape index (κ1) is 16.0. The topological polar surface area (TPSA) is 67.9 Å². The lowest BCUT2D eigenvalue weighted by Crippen LogP contribution is -2.49. The Balaban J connectivity index is 1.94. The number of hydrogen-bond donors (Lipinski definition) is 1. The Morgan fingerprint density at radius 1 is 1.57 bits per heavy atom. The molecule has 2 atom stereocenters. The number of methoxy groups -OCH3 is 1. The van der Waals surface area contributed by atoms with Crippen LogP contribution >= 0.6 is 11.3 Å². The Morgan fingerprint density at radius 2 is 2.39 bits per heavy atom. The fraction of sp³-hybridized carbons (Fsp3) is 0.500. The van der Waals surface area contributed by atoms with E-state index in [9.17, 15) is 9.59 Å². The molecule has 2 aliphatic heterocycles. The Bertz CT molecular complexity index is 620. The molecule has 23 heavy (non-hydrogen) atoms. The van der Waals surface area contributed by atoms with Gasteiger partial charge in [-0.25, -0.2) is 9.59 Å². The summed E-state index contributed by atoms with van der Waals surface area (Å²) in [5.74, 6) is -0.418. The first-order chi connectivity index (χ1) is 11.1. The van der Waals surface area contributed by atoms with Crippen molar-refractivity contribution in [1.29, 1.82) is 0 Å².